The fraction of sp³-hybridized carbons (Fsp3) is 0.647. The number of rotatable bonds is 3. The van der Waals surface area contributed by atoms with E-state index in [0.29, 0.717) is 5.56 Å². The number of aromatic nitrogens is 2. The summed E-state index contributed by atoms with van der Waals surface area (Å²) < 4.78 is 14.8. The van der Waals surface area contributed by atoms with Crippen LogP contribution in [-0.2, 0) is 16.5 Å². The van der Waals surface area contributed by atoms with E-state index in [2.05, 4.69) is 13.0 Å². The van der Waals surface area contributed by atoms with Gasteiger partial charge in [0.15, 0.2) is 5.79 Å². The molecule has 0 spiro atoms. The maximum absolute atomic E-state index is 12.5. The zero-order valence-corrected chi connectivity index (χ0v) is 14.3. The van der Waals surface area contributed by atoms with Gasteiger partial charge in [0.1, 0.15) is 12.2 Å². The molecular weight excluding hydrogens is 296 g/mol. The number of aryl methyl sites for hydroxylation is 1. The van der Waals surface area contributed by atoms with Gasteiger partial charge in [0.25, 0.3) is 5.56 Å². The van der Waals surface area contributed by atoms with Crippen LogP contribution in [0.3, 0.4) is 0 Å². The van der Waals surface area contributed by atoms with Crippen LogP contribution >= 0.6 is 0 Å². The Morgan fingerprint density at radius 1 is 1.26 bits per heavy atom. The van der Waals surface area contributed by atoms with Crippen molar-refractivity contribution in [2.45, 2.75) is 64.6 Å². The molecule has 6 heteroatoms. The summed E-state index contributed by atoms with van der Waals surface area (Å²) in [6.07, 6.45) is 5.26. The first-order valence-electron chi connectivity index (χ1n) is 8.10. The molecular formula is C17H24N2O4. The minimum atomic E-state index is -0.667. The lowest BCUT2D eigenvalue weighted by atomic mass is 10.1. The highest BCUT2D eigenvalue weighted by molar-refractivity contribution is 5.26. The molecule has 6 nitrogen and oxygen atoms in total. The van der Waals surface area contributed by atoms with Crippen molar-refractivity contribution in [1.29, 1.82) is 0 Å². The Hall–Kier alpha value is -1.66. The van der Waals surface area contributed by atoms with E-state index in [1.165, 1.54) is 12.6 Å². The average molecular weight is 320 g/mol. The van der Waals surface area contributed by atoms with Crippen molar-refractivity contribution in [3.05, 3.63) is 44.2 Å². The van der Waals surface area contributed by atoms with E-state index in [4.69, 9.17) is 9.47 Å². The first-order chi connectivity index (χ1) is 10.7. The van der Waals surface area contributed by atoms with Crippen molar-refractivity contribution in [3.63, 3.8) is 0 Å². The third kappa shape index (κ3) is 2.60. The lowest BCUT2D eigenvalue weighted by molar-refractivity contribution is -0.148. The van der Waals surface area contributed by atoms with Crippen LogP contribution in [0.5, 0.6) is 0 Å². The maximum Gasteiger partial charge on any atom is 0.331 e. The lowest BCUT2D eigenvalue weighted by Gasteiger charge is -2.22. The largest absolute Gasteiger partial charge is 0.342 e. The molecule has 126 valence electrons. The van der Waals surface area contributed by atoms with Crippen molar-refractivity contribution in [2.75, 3.05) is 0 Å². The van der Waals surface area contributed by atoms with Gasteiger partial charge in [-0.1, -0.05) is 19.4 Å². The van der Waals surface area contributed by atoms with E-state index in [-0.39, 0.29) is 29.5 Å². The van der Waals surface area contributed by atoms with E-state index in [1.807, 2.05) is 13.8 Å². The maximum atomic E-state index is 12.5. The summed E-state index contributed by atoms with van der Waals surface area (Å²) in [6.45, 7) is 7.62. The highest BCUT2D eigenvalue weighted by atomic mass is 16.8. The van der Waals surface area contributed by atoms with Gasteiger partial charge in [-0.05, 0) is 32.8 Å². The van der Waals surface area contributed by atoms with Gasteiger partial charge in [-0.15, -0.1) is 0 Å². The lowest BCUT2D eigenvalue weighted by Crippen LogP contribution is -2.42. The van der Waals surface area contributed by atoms with Crippen molar-refractivity contribution in [3.8, 4) is 0 Å². The molecule has 0 aromatic carbocycles. The fourth-order valence-electron chi connectivity index (χ4n) is 3.54. The quantitative estimate of drug-likeness (QED) is 0.795. The van der Waals surface area contributed by atoms with Crippen LogP contribution in [0, 0.1) is 6.92 Å². The summed E-state index contributed by atoms with van der Waals surface area (Å²) >= 11 is 0. The monoisotopic (exact) mass is 320 g/mol. The topological polar surface area (TPSA) is 62.5 Å². The Bertz CT molecular complexity index is 772. The number of ether oxygens (including phenoxy) is 2. The van der Waals surface area contributed by atoms with E-state index in [9.17, 15) is 9.59 Å². The third-order valence-corrected chi connectivity index (χ3v) is 4.56. The van der Waals surface area contributed by atoms with Crippen molar-refractivity contribution in [2.24, 2.45) is 7.05 Å². The van der Waals surface area contributed by atoms with Crippen molar-refractivity contribution >= 4 is 0 Å². The molecule has 0 amide bonds. The summed E-state index contributed by atoms with van der Waals surface area (Å²) in [5.74, 6) is -0.667. The first-order valence-corrected chi connectivity index (χ1v) is 8.10. The summed E-state index contributed by atoms with van der Waals surface area (Å²) in [5.41, 5.74) is 1.12. The molecule has 23 heavy (non-hydrogen) atoms. The Kier molecular flexibility index (Phi) is 3.84. The second-order valence-corrected chi connectivity index (χ2v) is 6.87. The normalized spacial score (nSPS) is 28.7. The molecule has 1 aliphatic carbocycles. The summed E-state index contributed by atoms with van der Waals surface area (Å²) in [7, 11) is 1.51. The Labute approximate surface area is 135 Å². The number of hydrogen-bond acceptors (Lipinski definition) is 4. The average Bonchev–Trinajstić information content (AvgIpc) is 2.95. The highest BCUT2D eigenvalue weighted by Gasteiger charge is 2.50. The molecule has 1 saturated heterocycles. The minimum absolute atomic E-state index is 0.126. The summed E-state index contributed by atoms with van der Waals surface area (Å²) in [6, 6.07) is -0.249. The predicted molar refractivity (Wildman–Crippen MR) is 86.5 cm³/mol. The molecule has 1 aromatic rings. The zero-order valence-electron chi connectivity index (χ0n) is 14.3. The van der Waals surface area contributed by atoms with Crippen molar-refractivity contribution in [1.82, 2.24) is 9.13 Å². The van der Waals surface area contributed by atoms with Crippen LogP contribution in [0.15, 0.2) is 27.4 Å². The second kappa shape index (κ2) is 5.46. The van der Waals surface area contributed by atoms with Crippen LogP contribution in [0.25, 0.3) is 0 Å². The molecule has 3 atom stereocenters. The summed E-state index contributed by atoms with van der Waals surface area (Å²) in [4.78, 5) is 24.5. The van der Waals surface area contributed by atoms with Gasteiger partial charge >= 0.3 is 5.69 Å². The van der Waals surface area contributed by atoms with Crippen LogP contribution in [0.2, 0.25) is 0 Å². The molecule has 0 N–H and O–H groups in total. The standard InChI is InChI=1S/C17H24N2O4/c1-6-7-11-8-12(14-13(11)22-17(3,4)23-14)19-9-10(2)15(20)18(5)16(19)21/h8-9,12-14H,6-7H2,1-5H3. The van der Waals surface area contributed by atoms with Crippen LogP contribution in [0.4, 0.5) is 0 Å². The number of fused-ring (bicyclic) bond motifs is 1. The number of nitrogens with zero attached hydrogens (tertiary/aromatic N) is 2. The van der Waals surface area contributed by atoms with Crippen LogP contribution in [0.1, 0.15) is 45.2 Å². The smallest absolute Gasteiger partial charge is 0.331 e. The van der Waals surface area contributed by atoms with Crippen LogP contribution in [-0.4, -0.2) is 27.1 Å². The second-order valence-electron chi connectivity index (χ2n) is 6.87. The van der Waals surface area contributed by atoms with Gasteiger partial charge in [-0.3, -0.25) is 13.9 Å². The van der Waals surface area contributed by atoms with Gasteiger partial charge in [0, 0.05) is 18.8 Å². The molecule has 2 aliphatic rings. The highest BCUT2D eigenvalue weighted by Crippen LogP contribution is 2.44. The van der Waals surface area contributed by atoms with Crippen molar-refractivity contribution < 1.29 is 9.47 Å². The SMILES string of the molecule is CCCC1=CC(n2cc(C)c(=O)n(C)c2=O)C2OC(C)(C)OC12. The molecule has 1 aromatic heterocycles. The fourth-order valence-corrected chi connectivity index (χ4v) is 3.54. The van der Waals surface area contributed by atoms with E-state index < -0.39 is 5.79 Å². The van der Waals surface area contributed by atoms with Crippen LogP contribution < -0.4 is 11.2 Å². The van der Waals surface area contributed by atoms with E-state index in [1.54, 1.807) is 17.7 Å². The summed E-state index contributed by atoms with van der Waals surface area (Å²) in [5, 5.41) is 0. The third-order valence-electron chi connectivity index (χ3n) is 4.56. The molecule has 3 rings (SSSR count). The van der Waals surface area contributed by atoms with Gasteiger partial charge in [0.05, 0.1) is 6.04 Å². The molecule has 3 unspecified atom stereocenters. The molecule has 1 aliphatic heterocycles. The Morgan fingerprint density at radius 3 is 2.61 bits per heavy atom. The van der Waals surface area contributed by atoms with Gasteiger partial charge in [-0.2, -0.15) is 0 Å². The molecule has 1 fully saturated rings. The predicted octanol–water partition coefficient (Wildman–Crippen LogP) is 1.66. The van der Waals surface area contributed by atoms with Gasteiger partial charge in [-0.25, -0.2) is 4.79 Å². The zero-order chi connectivity index (χ0) is 16.9. The number of hydrogen-bond donors (Lipinski definition) is 0. The molecule has 0 radical (unpaired) electrons. The van der Waals surface area contributed by atoms with Gasteiger partial charge < -0.3 is 9.47 Å². The van der Waals surface area contributed by atoms with E-state index in [0.717, 1.165) is 17.4 Å². The van der Waals surface area contributed by atoms with Gasteiger partial charge in [0.2, 0.25) is 0 Å². The minimum Gasteiger partial charge on any atom is -0.342 e. The molecule has 2 heterocycles. The van der Waals surface area contributed by atoms with E-state index >= 15 is 0 Å². The Morgan fingerprint density at radius 2 is 1.96 bits per heavy atom. The Balaban J connectivity index is 2.09. The first kappa shape index (κ1) is 16.2. The molecule has 0 saturated carbocycles. The molecule has 0 bridgehead atoms.